The molecule has 0 amide bonds. The molecule has 1 unspecified atom stereocenters. The highest BCUT2D eigenvalue weighted by Gasteiger charge is 2.26. The lowest BCUT2D eigenvalue weighted by atomic mass is 10.1. The van der Waals surface area contributed by atoms with E-state index < -0.39 is 0 Å². The first-order valence-corrected chi connectivity index (χ1v) is 7.58. The van der Waals surface area contributed by atoms with E-state index >= 15 is 0 Å². The monoisotopic (exact) mass is 314 g/mol. The smallest absolute Gasteiger partial charge is 0.0756 e. The average molecular weight is 315 g/mol. The Morgan fingerprint density at radius 3 is 3.14 bits per heavy atom. The second-order valence-electron chi connectivity index (χ2n) is 5.02. The quantitative estimate of drug-likeness (QED) is 0.743. The van der Waals surface area contributed by atoms with Crippen molar-refractivity contribution in [3.63, 3.8) is 0 Å². The number of morpholine rings is 1. The van der Waals surface area contributed by atoms with Gasteiger partial charge in [0.15, 0.2) is 0 Å². The molecule has 2 rings (SSSR count). The summed E-state index contributed by atoms with van der Waals surface area (Å²) in [6.07, 6.45) is 0. The minimum Gasteiger partial charge on any atom is -0.394 e. The van der Waals surface area contributed by atoms with Crippen molar-refractivity contribution in [2.75, 3.05) is 51.5 Å². The van der Waals surface area contributed by atoms with Crippen molar-refractivity contribution in [3.05, 3.63) is 28.8 Å². The molecule has 1 atom stereocenters. The number of nitrogens with zero attached hydrogens (tertiary/aromatic N) is 1. The van der Waals surface area contributed by atoms with E-state index in [1.807, 2.05) is 12.1 Å². The Hall–Kier alpha value is -0.850. The zero-order valence-corrected chi connectivity index (χ0v) is 13.1. The molecule has 6 heteroatoms. The van der Waals surface area contributed by atoms with Gasteiger partial charge in [0.2, 0.25) is 0 Å². The van der Waals surface area contributed by atoms with Crippen LogP contribution in [0.3, 0.4) is 0 Å². The first kappa shape index (κ1) is 16.5. The number of para-hydroxylation sites is 1. The molecule has 0 bridgehead atoms. The number of nitrogens with one attached hydrogen (secondary N) is 1. The van der Waals surface area contributed by atoms with Crippen molar-refractivity contribution in [1.29, 1.82) is 0 Å². The van der Waals surface area contributed by atoms with E-state index in [9.17, 15) is 5.11 Å². The summed E-state index contributed by atoms with van der Waals surface area (Å²) in [5.74, 6) is 0. The van der Waals surface area contributed by atoms with Crippen LogP contribution in [0.25, 0.3) is 0 Å². The maximum atomic E-state index is 9.55. The molecular formula is C15H23ClN2O3. The predicted molar refractivity (Wildman–Crippen MR) is 84.1 cm³/mol. The fraction of sp³-hybridized carbons (Fsp3) is 0.600. The summed E-state index contributed by atoms with van der Waals surface area (Å²) >= 11 is 6.41. The molecule has 1 saturated heterocycles. The minimum atomic E-state index is -0.0450. The van der Waals surface area contributed by atoms with Gasteiger partial charge in [0.1, 0.15) is 0 Å². The summed E-state index contributed by atoms with van der Waals surface area (Å²) in [6.45, 7) is 4.15. The summed E-state index contributed by atoms with van der Waals surface area (Å²) < 4.78 is 10.5. The summed E-state index contributed by atoms with van der Waals surface area (Å²) in [4.78, 5) is 2.15. The molecule has 1 aromatic rings. The molecule has 1 aliphatic heterocycles. The molecule has 1 aromatic carbocycles. The van der Waals surface area contributed by atoms with Gasteiger partial charge in [0.05, 0.1) is 43.2 Å². The summed E-state index contributed by atoms with van der Waals surface area (Å²) in [5, 5.41) is 13.6. The third-order valence-electron chi connectivity index (χ3n) is 3.59. The molecule has 21 heavy (non-hydrogen) atoms. The Balaban J connectivity index is 2.16. The highest BCUT2D eigenvalue weighted by Crippen LogP contribution is 2.32. The van der Waals surface area contributed by atoms with Crippen molar-refractivity contribution in [3.8, 4) is 0 Å². The van der Waals surface area contributed by atoms with Gasteiger partial charge in [-0.25, -0.2) is 0 Å². The van der Waals surface area contributed by atoms with Crippen LogP contribution in [-0.4, -0.2) is 57.8 Å². The normalized spacial score (nSPS) is 19.0. The minimum absolute atomic E-state index is 0.0450. The van der Waals surface area contributed by atoms with Gasteiger partial charge >= 0.3 is 0 Å². The molecule has 2 N–H and O–H groups in total. The fourth-order valence-electron chi connectivity index (χ4n) is 2.52. The molecule has 0 spiro atoms. The molecular weight excluding hydrogens is 292 g/mol. The Kier molecular flexibility index (Phi) is 6.73. The van der Waals surface area contributed by atoms with Crippen LogP contribution in [0, 0.1) is 0 Å². The van der Waals surface area contributed by atoms with Crippen LogP contribution in [0.1, 0.15) is 5.56 Å². The molecule has 0 aromatic heterocycles. The van der Waals surface area contributed by atoms with Crippen molar-refractivity contribution in [1.82, 2.24) is 5.32 Å². The van der Waals surface area contributed by atoms with Gasteiger partial charge < -0.3 is 24.8 Å². The van der Waals surface area contributed by atoms with Crippen LogP contribution < -0.4 is 10.2 Å². The van der Waals surface area contributed by atoms with Crippen molar-refractivity contribution in [2.45, 2.75) is 12.6 Å². The van der Waals surface area contributed by atoms with Crippen LogP contribution in [0.15, 0.2) is 18.2 Å². The molecule has 0 radical (unpaired) electrons. The van der Waals surface area contributed by atoms with Gasteiger partial charge in [-0.15, -0.1) is 0 Å². The van der Waals surface area contributed by atoms with Crippen LogP contribution in [0.4, 0.5) is 5.69 Å². The largest absolute Gasteiger partial charge is 0.394 e. The molecule has 1 aliphatic rings. The molecule has 0 saturated carbocycles. The first-order chi connectivity index (χ1) is 10.3. The number of hydrogen-bond acceptors (Lipinski definition) is 5. The number of anilines is 1. The Labute approximate surface area is 130 Å². The number of aliphatic hydroxyl groups excluding tert-OH is 1. The average Bonchev–Trinajstić information content (AvgIpc) is 2.52. The van der Waals surface area contributed by atoms with E-state index in [0.717, 1.165) is 30.9 Å². The topological polar surface area (TPSA) is 54.0 Å². The second-order valence-corrected chi connectivity index (χ2v) is 5.43. The number of rotatable bonds is 7. The zero-order chi connectivity index (χ0) is 15.1. The van der Waals surface area contributed by atoms with Crippen LogP contribution in [0.5, 0.6) is 0 Å². The highest BCUT2D eigenvalue weighted by molar-refractivity contribution is 6.33. The van der Waals surface area contributed by atoms with Crippen LogP contribution in [-0.2, 0) is 16.0 Å². The van der Waals surface area contributed by atoms with Crippen molar-refractivity contribution < 1.29 is 14.6 Å². The standard InChI is InChI=1S/C15H23ClN2O3/c1-20-7-5-17-9-12-3-2-4-14(16)15(12)18-6-8-21-11-13(18)10-19/h2-4,13,17,19H,5-11H2,1H3. The third kappa shape index (κ3) is 4.31. The molecule has 118 valence electrons. The summed E-state index contributed by atoms with van der Waals surface area (Å²) in [5.41, 5.74) is 2.12. The van der Waals surface area contributed by atoms with Gasteiger partial charge in [-0.1, -0.05) is 23.7 Å². The lowest BCUT2D eigenvalue weighted by Crippen LogP contribution is -2.48. The number of benzene rings is 1. The van der Waals surface area contributed by atoms with E-state index in [4.69, 9.17) is 21.1 Å². The highest BCUT2D eigenvalue weighted by atomic mass is 35.5. The Morgan fingerprint density at radius 2 is 2.38 bits per heavy atom. The molecule has 1 heterocycles. The van der Waals surface area contributed by atoms with E-state index in [0.29, 0.717) is 24.8 Å². The summed E-state index contributed by atoms with van der Waals surface area (Å²) in [7, 11) is 1.69. The number of hydrogen-bond donors (Lipinski definition) is 2. The van der Waals surface area contributed by atoms with Gasteiger partial charge in [0, 0.05) is 26.7 Å². The second kappa shape index (κ2) is 8.56. The van der Waals surface area contributed by atoms with Gasteiger partial charge in [0.25, 0.3) is 0 Å². The van der Waals surface area contributed by atoms with Crippen molar-refractivity contribution in [2.24, 2.45) is 0 Å². The third-order valence-corrected chi connectivity index (χ3v) is 3.90. The molecule has 0 aliphatic carbocycles. The number of halogens is 1. The molecule has 1 fully saturated rings. The van der Waals surface area contributed by atoms with Crippen LogP contribution in [0.2, 0.25) is 5.02 Å². The van der Waals surface area contributed by atoms with E-state index in [1.165, 1.54) is 0 Å². The van der Waals surface area contributed by atoms with E-state index in [2.05, 4.69) is 16.3 Å². The van der Waals surface area contributed by atoms with E-state index in [1.54, 1.807) is 7.11 Å². The number of aliphatic hydroxyl groups is 1. The Morgan fingerprint density at radius 1 is 1.52 bits per heavy atom. The molecule has 5 nitrogen and oxygen atoms in total. The number of methoxy groups -OCH3 is 1. The maximum Gasteiger partial charge on any atom is 0.0756 e. The zero-order valence-electron chi connectivity index (χ0n) is 12.3. The van der Waals surface area contributed by atoms with E-state index in [-0.39, 0.29) is 12.6 Å². The van der Waals surface area contributed by atoms with Crippen molar-refractivity contribution >= 4 is 17.3 Å². The van der Waals surface area contributed by atoms with Gasteiger partial charge in [-0.3, -0.25) is 0 Å². The van der Waals surface area contributed by atoms with Gasteiger partial charge in [-0.05, 0) is 11.6 Å². The Bertz CT molecular complexity index is 445. The van der Waals surface area contributed by atoms with Crippen LogP contribution >= 0.6 is 11.6 Å². The predicted octanol–water partition coefficient (Wildman–Crippen LogP) is 1.27. The number of ether oxygens (including phenoxy) is 2. The lowest BCUT2D eigenvalue weighted by molar-refractivity contribution is 0.0726. The lowest BCUT2D eigenvalue weighted by Gasteiger charge is -2.38. The fourth-order valence-corrected chi connectivity index (χ4v) is 2.82. The first-order valence-electron chi connectivity index (χ1n) is 7.20. The maximum absolute atomic E-state index is 9.55. The SMILES string of the molecule is COCCNCc1cccc(Cl)c1N1CCOCC1CO. The summed E-state index contributed by atoms with van der Waals surface area (Å²) in [6, 6.07) is 5.86. The van der Waals surface area contributed by atoms with Gasteiger partial charge in [-0.2, -0.15) is 0 Å².